The van der Waals surface area contributed by atoms with Crippen molar-refractivity contribution >= 4 is 21.9 Å². The number of rotatable bonds is 1. The van der Waals surface area contributed by atoms with Crippen LogP contribution >= 0.6 is 15.9 Å². The van der Waals surface area contributed by atoms with Crippen LogP contribution in [0.2, 0.25) is 0 Å². The number of hydrogen-bond donors (Lipinski definition) is 1. The molecular weight excluding hydrogens is 366 g/mol. The van der Waals surface area contributed by atoms with Crippen molar-refractivity contribution in [1.82, 2.24) is 5.06 Å². The molecule has 2 aromatic rings. The molecule has 2 N–H and O–H groups in total. The van der Waals surface area contributed by atoms with E-state index in [0.29, 0.717) is 11.9 Å². The molecular formula is C19H18BrN3O. The minimum Gasteiger partial charge on any atom is -0.368 e. The average Bonchev–Trinajstić information content (AvgIpc) is 3.16. The highest BCUT2D eigenvalue weighted by atomic mass is 79.9. The van der Waals surface area contributed by atoms with Crippen molar-refractivity contribution < 1.29 is 4.84 Å². The molecule has 4 nitrogen and oxygen atoms in total. The van der Waals surface area contributed by atoms with Crippen LogP contribution in [0.3, 0.4) is 0 Å². The molecule has 0 bridgehead atoms. The van der Waals surface area contributed by atoms with Crippen molar-refractivity contribution in [2.45, 2.75) is 24.5 Å². The first-order valence-corrected chi connectivity index (χ1v) is 8.97. The molecule has 2 spiro atoms. The van der Waals surface area contributed by atoms with E-state index in [1.54, 1.807) is 5.06 Å². The fourth-order valence-electron chi connectivity index (χ4n) is 4.55. The van der Waals surface area contributed by atoms with Crippen LogP contribution in [-0.2, 0) is 17.0 Å². The number of halogens is 1. The van der Waals surface area contributed by atoms with Crippen LogP contribution in [0.5, 0.6) is 0 Å². The molecule has 5 heteroatoms. The zero-order chi connectivity index (χ0) is 16.5. The summed E-state index contributed by atoms with van der Waals surface area (Å²) in [6.45, 7) is 0. The Morgan fingerprint density at radius 3 is 2.75 bits per heavy atom. The van der Waals surface area contributed by atoms with E-state index < -0.39 is 5.72 Å². The molecule has 3 aliphatic rings. The molecule has 24 heavy (non-hydrogen) atoms. The molecule has 3 atom stereocenters. The molecule has 0 aromatic heterocycles. The Balaban J connectivity index is 1.68. The normalized spacial score (nSPS) is 33.2. The predicted molar refractivity (Wildman–Crippen MR) is 96.2 cm³/mol. The number of guanidine groups is 1. The van der Waals surface area contributed by atoms with Gasteiger partial charge in [0.25, 0.3) is 0 Å². The van der Waals surface area contributed by atoms with Gasteiger partial charge in [0.15, 0.2) is 0 Å². The van der Waals surface area contributed by atoms with Gasteiger partial charge in [0.05, 0.1) is 0 Å². The van der Waals surface area contributed by atoms with Crippen molar-refractivity contribution in [2.75, 3.05) is 7.05 Å². The second-order valence-corrected chi connectivity index (χ2v) is 7.92. The summed E-state index contributed by atoms with van der Waals surface area (Å²) in [4.78, 5) is 11.2. The zero-order valence-corrected chi connectivity index (χ0v) is 15.0. The van der Waals surface area contributed by atoms with Crippen LogP contribution in [0.25, 0.3) is 0 Å². The number of hydrogen-bond acceptors (Lipinski definition) is 4. The summed E-state index contributed by atoms with van der Waals surface area (Å²) in [5.74, 6) is 0.883. The SMILES string of the molecule is CN1OC2(N=C1N)c1cc(Br)ccc1C[C@@]21C[C@@H]1c1ccccc1. The molecule has 1 fully saturated rings. The van der Waals surface area contributed by atoms with E-state index in [4.69, 9.17) is 15.6 Å². The lowest BCUT2D eigenvalue weighted by Crippen LogP contribution is -2.36. The number of benzene rings is 2. The smallest absolute Gasteiger partial charge is 0.221 e. The topological polar surface area (TPSA) is 50.8 Å². The van der Waals surface area contributed by atoms with E-state index in [1.807, 2.05) is 7.05 Å². The molecule has 5 rings (SSSR count). The lowest BCUT2D eigenvalue weighted by molar-refractivity contribution is -0.200. The van der Waals surface area contributed by atoms with Crippen molar-refractivity contribution in [3.05, 3.63) is 69.7 Å². The molecule has 0 amide bonds. The second kappa shape index (κ2) is 4.61. The van der Waals surface area contributed by atoms with Crippen molar-refractivity contribution in [1.29, 1.82) is 0 Å². The lowest BCUT2D eigenvalue weighted by Gasteiger charge is -2.30. The molecule has 0 saturated heterocycles. The van der Waals surface area contributed by atoms with Gasteiger partial charge in [-0.15, -0.1) is 0 Å². The van der Waals surface area contributed by atoms with Gasteiger partial charge in [-0.05, 0) is 42.0 Å². The number of aliphatic imine (C=N–C) groups is 1. The maximum absolute atomic E-state index is 6.32. The van der Waals surface area contributed by atoms with Crippen molar-refractivity contribution in [2.24, 2.45) is 16.1 Å². The minimum atomic E-state index is -0.703. The largest absolute Gasteiger partial charge is 0.368 e. The highest BCUT2D eigenvalue weighted by Gasteiger charge is 2.74. The third-order valence-electron chi connectivity index (χ3n) is 5.76. The van der Waals surface area contributed by atoms with E-state index in [2.05, 4.69) is 64.5 Å². The summed E-state index contributed by atoms with van der Waals surface area (Å²) in [6, 6.07) is 17.1. The van der Waals surface area contributed by atoms with Gasteiger partial charge in [-0.2, -0.15) is 0 Å². The van der Waals surface area contributed by atoms with Crippen molar-refractivity contribution in [3.63, 3.8) is 0 Å². The molecule has 1 saturated carbocycles. The Bertz CT molecular complexity index is 868. The van der Waals surface area contributed by atoms with E-state index in [-0.39, 0.29) is 5.41 Å². The monoisotopic (exact) mass is 383 g/mol. The Morgan fingerprint density at radius 2 is 2.04 bits per heavy atom. The van der Waals surface area contributed by atoms with Gasteiger partial charge in [-0.25, -0.2) is 14.9 Å². The molecule has 0 radical (unpaired) electrons. The molecule has 2 aliphatic carbocycles. The summed E-state index contributed by atoms with van der Waals surface area (Å²) in [7, 11) is 1.83. The Morgan fingerprint density at radius 1 is 1.25 bits per heavy atom. The van der Waals surface area contributed by atoms with Crippen LogP contribution in [0.1, 0.15) is 29.0 Å². The van der Waals surface area contributed by atoms with E-state index in [0.717, 1.165) is 22.9 Å². The van der Waals surface area contributed by atoms with Crippen LogP contribution in [0.15, 0.2) is 58.0 Å². The molecule has 1 aliphatic heterocycles. The van der Waals surface area contributed by atoms with Crippen LogP contribution in [0.4, 0.5) is 0 Å². The minimum absolute atomic E-state index is 0.0487. The van der Waals surface area contributed by atoms with Gasteiger partial charge in [-0.3, -0.25) is 0 Å². The van der Waals surface area contributed by atoms with Crippen molar-refractivity contribution in [3.8, 4) is 0 Å². The Labute approximate surface area is 149 Å². The quantitative estimate of drug-likeness (QED) is 0.819. The van der Waals surface area contributed by atoms with E-state index >= 15 is 0 Å². The average molecular weight is 384 g/mol. The van der Waals surface area contributed by atoms with Crippen LogP contribution < -0.4 is 5.73 Å². The standard InChI is InChI=1S/C19H18BrN3O/c1-23-17(21)22-19(24-23)15-9-14(20)8-7-13(15)10-18(19)11-16(18)12-5-3-2-4-6-12/h2-9,16H,10-11H2,1H3,(H2,21,22)/t16-,18+,19?/m1/s1. The van der Waals surface area contributed by atoms with Gasteiger partial charge in [-0.1, -0.05) is 52.3 Å². The Hall–Kier alpha value is -1.85. The third-order valence-corrected chi connectivity index (χ3v) is 6.25. The summed E-state index contributed by atoms with van der Waals surface area (Å²) >= 11 is 3.59. The number of hydroxylamine groups is 2. The zero-order valence-electron chi connectivity index (χ0n) is 13.4. The van der Waals surface area contributed by atoms with Gasteiger partial charge < -0.3 is 5.73 Å². The summed E-state index contributed by atoms with van der Waals surface area (Å²) in [5, 5.41) is 1.61. The maximum atomic E-state index is 6.32. The van der Waals surface area contributed by atoms with Gasteiger partial charge in [0, 0.05) is 22.5 Å². The van der Waals surface area contributed by atoms with Crippen LogP contribution in [-0.4, -0.2) is 18.1 Å². The first-order chi connectivity index (χ1) is 11.6. The molecule has 122 valence electrons. The van der Waals surface area contributed by atoms with E-state index in [1.165, 1.54) is 11.1 Å². The fourth-order valence-corrected chi connectivity index (χ4v) is 4.91. The summed E-state index contributed by atoms with van der Waals surface area (Å²) in [5.41, 5.74) is 9.16. The van der Waals surface area contributed by atoms with Gasteiger partial charge >= 0.3 is 0 Å². The van der Waals surface area contributed by atoms with Gasteiger partial charge in [0.2, 0.25) is 11.7 Å². The number of nitrogens with zero attached hydrogens (tertiary/aromatic N) is 2. The summed E-state index contributed by atoms with van der Waals surface area (Å²) < 4.78 is 1.04. The molecule has 2 aromatic carbocycles. The number of fused-ring (bicyclic) bond motifs is 3. The fraction of sp³-hybridized carbons (Fsp3) is 0.316. The highest BCUT2D eigenvalue weighted by Crippen LogP contribution is 2.75. The highest BCUT2D eigenvalue weighted by molar-refractivity contribution is 9.10. The number of nitrogens with two attached hydrogens (primary N) is 1. The molecule has 1 heterocycles. The lowest BCUT2D eigenvalue weighted by atomic mass is 9.88. The van der Waals surface area contributed by atoms with E-state index in [9.17, 15) is 0 Å². The third kappa shape index (κ3) is 1.69. The van der Waals surface area contributed by atoms with Crippen LogP contribution in [0, 0.1) is 5.41 Å². The molecule has 1 unspecified atom stereocenters. The first kappa shape index (κ1) is 14.5. The second-order valence-electron chi connectivity index (χ2n) is 7.00. The predicted octanol–water partition coefficient (Wildman–Crippen LogP) is 3.52. The summed E-state index contributed by atoms with van der Waals surface area (Å²) in [6.07, 6.45) is 2.04. The first-order valence-electron chi connectivity index (χ1n) is 8.18. The Kier molecular flexibility index (Phi) is 2.78. The maximum Gasteiger partial charge on any atom is 0.221 e. The van der Waals surface area contributed by atoms with Gasteiger partial charge in [0.1, 0.15) is 0 Å².